The normalized spacial score (nSPS) is 11.1. The first-order valence-corrected chi connectivity index (χ1v) is 11.3. The lowest BCUT2D eigenvalue weighted by Gasteiger charge is -2.10. The highest BCUT2D eigenvalue weighted by atomic mass is 32.1. The molecular formula is C22H22N4O2S2. The van der Waals surface area contributed by atoms with Crippen LogP contribution < -0.4 is 10.1 Å². The largest absolute Gasteiger partial charge is 0.484 e. The molecule has 3 heterocycles. The van der Waals surface area contributed by atoms with Gasteiger partial charge in [0.15, 0.2) is 6.61 Å². The monoisotopic (exact) mass is 438 g/mol. The van der Waals surface area contributed by atoms with Crippen LogP contribution in [0.4, 0.5) is 5.82 Å². The lowest BCUT2D eigenvalue weighted by Crippen LogP contribution is -2.21. The van der Waals surface area contributed by atoms with E-state index in [0.29, 0.717) is 22.6 Å². The van der Waals surface area contributed by atoms with Crippen molar-refractivity contribution in [3.8, 4) is 21.5 Å². The van der Waals surface area contributed by atoms with Crippen LogP contribution in [0.2, 0.25) is 0 Å². The predicted octanol–water partition coefficient (Wildman–Crippen LogP) is 5.51. The molecule has 0 unspecified atom stereocenters. The van der Waals surface area contributed by atoms with Gasteiger partial charge in [0.25, 0.3) is 5.91 Å². The maximum atomic E-state index is 12.5. The number of hydrogen-bond acceptors (Lipinski definition) is 6. The van der Waals surface area contributed by atoms with Gasteiger partial charge in [-0.3, -0.25) is 4.79 Å². The summed E-state index contributed by atoms with van der Waals surface area (Å²) in [6, 6.07) is 13.7. The van der Waals surface area contributed by atoms with Crippen molar-refractivity contribution in [3.05, 3.63) is 64.5 Å². The molecule has 0 aliphatic rings. The first kappa shape index (κ1) is 20.3. The van der Waals surface area contributed by atoms with Crippen molar-refractivity contribution in [2.45, 2.75) is 26.7 Å². The van der Waals surface area contributed by atoms with E-state index in [1.807, 2.05) is 60.1 Å². The van der Waals surface area contributed by atoms with E-state index in [1.54, 1.807) is 16.0 Å². The second-order valence-electron chi connectivity index (χ2n) is 7.14. The molecule has 0 saturated heterocycles. The standard InChI is InChI=1S/C22H22N4O2S2/c1-14(2)16-6-8-17(9-7-16)28-12-21(27)24-20-11-15(3)25-26(20)22-23-18(13-30-22)19-5-4-10-29-19/h4-11,13-14H,12H2,1-3H3,(H,24,27). The summed E-state index contributed by atoms with van der Waals surface area (Å²) in [4.78, 5) is 18.2. The van der Waals surface area contributed by atoms with Gasteiger partial charge in [0.2, 0.25) is 5.13 Å². The van der Waals surface area contributed by atoms with E-state index in [4.69, 9.17) is 4.74 Å². The molecule has 0 aliphatic carbocycles. The summed E-state index contributed by atoms with van der Waals surface area (Å²) in [6.07, 6.45) is 0. The molecule has 0 bridgehead atoms. The van der Waals surface area contributed by atoms with Crippen LogP contribution in [0.25, 0.3) is 15.7 Å². The van der Waals surface area contributed by atoms with Crippen molar-refractivity contribution in [1.82, 2.24) is 14.8 Å². The van der Waals surface area contributed by atoms with Crippen molar-refractivity contribution in [3.63, 3.8) is 0 Å². The Bertz CT molecular complexity index is 1130. The van der Waals surface area contributed by atoms with Crippen LogP contribution in [0.1, 0.15) is 31.0 Å². The summed E-state index contributed by atoms with van der Waals surface area (Å²) >= 11 is 3.12. The van der Waals surface area contributed by atoms with Crippen molar-refractivity contribution >= 4 is 34.4 Å². The number of aromatic nitrogens is 3. The maximum absolute atomic E-state index is 12.5. The SMILES string of the molecule is Cc1cc(NC(=O)COc2ccc(C(C)C)cc2)n(-c2nc(-c3cccs3)cs2)n1. The Labute approximate surface area is 183 Å². The Morgan fingerprint density at radius 1 is 1.20 bits per heavy atom. The van der Waals surface area contributed by atoms with Crippen molar-refractivity contribution in [1.29, 1.82) is 0 Å². The highest BCUT2D eigenvalue weighted by Crippen LogP contribution is 2.29. The number of anilines is 1. The zero-order valence-electron chi connectivity index (χ0n) is 17.0. The van der Waals surface area contributed by atoms with Crippen LogP contribution in [0.5, 0.6) is 5.75 Å². The second-order valence-corrected chi connectivity index (χ2v) is 8.92. The van der Waals surface area contributed by atoms with Gasteiger partial charge in [-0.05, 0) is 42.0 Å². The van der Waals surface area contributed by atoms with Crippen LogP contribution in [0.15, 0.2) is 53.2 Å². The number of benzene rings is 1. The summed E-state index contributed by atoms with van der Waals surface area (Å²) in [5.41, 5.74) is 2.93. The number of nitrogens with zero attached hydrogens (tertiary/aromatic N) is 3. The Morgan fingerprint density at radius 2 is 2.00 bits per heavy atom. The van der Waals surface area contributed by atoms with Crippen molar-refractivity contribution < 1.29 is 9.53 Å². The van der Waals surface area contributed by atoms with Crippen LogP contribution in [0.3, 0.4) is 0 Å². The zero-order chi connectivity index (χ0) is 21.1. The number of ether oxygens (including phenoxy) is 1. The number of hydrogen-bond donors (Lipinski definition) is 1. The van der Waals surface area contributed by atoms with Crippen LogP contribution in [-0.4, -0.2) is 27.3 Å². The fraction of sp³-hybridized carbons (Fsp3) is 0.227. The number of thiazole rings is 1. The summed E-state index contributed by atoms with van der Waals surface area (Å²) in [7, 11) is 0. The molecule has 0 aliphatic heterocycles. The molecule has 4 rings (SSSR count). The Hall–Kier alpha value is -2.97. The zero-order valence-corrected chi connectivity index (χ0v) is 18.6. The van der Waals surface area contributed by atoms with Gasteiger partial charge in [-0.2, -0.15) is 9.78 Å². The van der Waals surface area contributed by atoms with Crippen molar-refractivity contribution in [2.75, 3.05) is 11.9 Å². The van der Waals surface area contributed by atoms with E-state index >= 15 is 0 Å². The molecule has 1 amide bonds. The van der Waals surface area contributed by atoms with Crippen LogP contribution >= 0.6 is 22.7 Å². The lowest BCUT2D eigenvalue weighted by atomic mass is 10.0. The number of aryl methyl sites for hydroxylation is 1. The van der Waals surface area contributed by atoms with E-state index in [0.717, 1.165) is 16.3 Å². The molecule has 3 aromatic heterocycles. The maximum Gasteiger partial charge on any atom is 0.263 e. The lowest BCUT2D eigenvalue weighted by molar-refractivity contribution is -0.118. The predicted molar refractivity (Wildman–Crippen MR) is 122 cm³/mol. The van der Waals surface area contributed by atoms with Crippen LogP contribution in [0, 0.1) is 6.92 Å². The first-order valence-electron chi connectivity index (χ1n) is 9.58. The molecule has 0 fully saturated rings. The summed E-state index contributed by atoms with van der Waals surface area (Å²) in [6.45, 7) is 6.08. The fourth-order valence-electron chi connectivity index (χ4n) is 2.91. The van der Waals surface area contributed by atoms with Gasteiger partial charge in [0.1, 0.15) is 11.6 Å². The second kappa shape index (κ2) is 8.81. The van der Waals surface area contributed by atoms with Gasteiger partial charge in [0.05, 0.1) is 16.3 Å². The minimum Gasteiger partial charge on any atom is -0.484 e. The Morgan fingerprint density at radius 3 is 2.70 bits per heavy atom. The smallest absolute Gasteiger partial charge is 0.263 e. The average molecular weight is 439 g/mol. The summed E-state index contributed by atoms with van der Waals surface area (Å²) < 4.78 is 7.29. The van der Waals surface area contributed by atoms with E-state index in [1.165, 1.54) is 16.9 Å². The first-order chi connectivity index (χ1) is 14.5. The minimum absolute atomic E-state index is 0.0798. The number of nitrogens with one attached hydrogen (secondary N) is 1. The Balaban J connectivity index is 1.43. The van der Waals surface area contributed by atoms with E-state index in [2.05, 4.69) is 29.2 Å². The van der Waals surface area contributed by atoms with Gasteiger partial charge < -0.3 is 10.1 Å². The van der Waals surface area contributed by atoms with Gasteiger partial charge in [-0.25, -0.2) is 4.98 Å². The summed E-state index contributed by atoms with van der Waals surface area (Å²) in [5.74, 6) is 1.44. The number of rotatable bonds is 7. The van der Waals surface area contributed by atoms with Gasteiger partial charge >= 0.3 is 0 Å². The fourth-order valence-corrected chi connectivity index (χ4v) is 4.46. The molecule has 1 aromatic carbocycles. The molecule has 1 N–H and O–H groups in total. The van der Waals surface area contributed by atoms with Gasteiger partial charge in [-0.1, -0.05) is 32.0 Å². The molecule has 6 nitrogen and oxygen atoms in total. The van der Waals surface area contributed by atoms with Crippen molar-refractivity contribution in [2.24, 2.45) is 0 Å². The third kappa shape index (κ3) is 4.60. The molecule has 8 heteroatoms. The highest BCUT2D eigenvalue weighted by Gasteiger charge is 2.15. The Kier molecular flexibility index (Phi) is 5.96. The molecule has 0 atom stereocenters. The molecule has 4 aromatic rings. The topological polar surface area (TPSA) is 69.0 Å². The molecular weight excluding hydrogens is 416 g/mol. The third-order valence-corrected chi connectivity index (χ3v) is 6.17. The number of carbonyl (C=O) groups is 1. The number of amides is 1. The summed E-state index contributed by atoms with van der Waals surface area (Å²) in [5, 5.41) is 12.1. The number of carbonyl (C=O) groups excluding carboxylic acids is 1. The highest BCUT2D eigenvalue weighted by molar-refractivity contribution is 7.15. The molecule has 154 valence electrons. The van der Waals surface area contributed by atoms with E-state index in [9.17, 15) is 4.79 Å². The quantitative estimate of drug-likeness (QED) is 0.413. The minimum atomic E-state index is -0.251. The molecule has 0 radical (unpaired) electrons. The molecule has 0 spiro atoms. The van der Waals surface area contributed by atoms with Gasteiger partial charge in [0, 0.05) is 11.4 Å². The molecule has 0 saturated carbocycles. The number of thiophene rings is 1. The van der Waals surface area contributed by atoms with E-state index in [-0.39, 0.29) is 12.5 Å². The third-order valence-electron chi connectivity index (χ3n) is 4.46. The van der Waals surface area contributed by atoms with Crippen LogP contribution in [-0.2, 0) is 4.79 Å². The average Bonchev–Trinajstić information content (AvgIpc) is 3.47. The van der Waals surface area contributed by atoms with E-state index < -0.39 is 0 Å². The van der Waals surface area contributed by atoms with Gasteiger partial charge in [-0.15, -0.1) is 22.7 Å². The molecule has 30 heavy (non-hydrogen) atoms.